The topological polar surface area (TPSA) is 35.2 Å². The van der Waals surface area contributed by atoms with Crippen molar-refractivity contribution in [1.29, 1.82) is 0 Å². The van der Waals surface area contributed by atoms with Crippen LogP contribution < -0.4 is 10.5 Å². The average molecular weight is 221 g/mol. The summed E-state index contributed by atoms with van der Waals surface area (Å²) in [5.74, 6) is 1.36. The van der Waals surface area contributed by atoms with Crippen molar-refractivity contribution in [2.45, 2.75) is 39.7 Å². The average Bonchev–Trinajstić information content (AvgIpc) is 2.27. The highest BCUT2D eigenvalue weighted by molar-refractivity contribution is 5.39. The van der Waals surface area contributed by atoms with E-state index < -0.39 is 0 Å². The quantitative estimate of drug-likeness (QED) is 0.848. The van der Waals surface area contributed by atoms with Gasteiger partial charge in [-0.3, -0.25) is 0 Å². The highest BCUT2D eigenvalue weighted by Crippen LogP contribution is 2.30. The van der Waals surface area contributed by atoms with Gasteiger partial charge >= 0.3 is 0 Å². The van der Waals surface area contributed by atoms with Gasteiger partial charge in [0.15, 0.2) is 0 Å². The molecular weight excluding hydrogens is 198 g/mol. The largest absolute Gasteiger partial charge is 0.496 e. The lowest BCUT2D eigenvalue weighted by Gasteiger charge is -2.30. The van der Waals surface area contributed by atoms with Crippen LogP contribution in [-0.2, 0) is 12.0 Å². The summed E-state index contributed by atoms with van der Waals surface area (Å²) >= 11 is 0. The van der Waals surface area contributed by atoms with Crippen molar-refractivity contribution in [3.05, 3.63) is 29.3 Å². The van der Waals surface area contributed by atoms with Gasteiger partial charge in [-0.1, -0.05) is 32.9 Å². The predicted molar refractivity (Wildman–Crippen MR) is 68.7 cm³/mol. The van der Waals surface area contributed by atoms with Crippen molar-refractivity contribution < 1.29 is 4.74 Å². The minimum atomic E-state index is -0.282. The van der Waals surface area contributed by atoms with E-state index in [1.807, 2.05) is 6.07 Å². The molecule has 0 aliphatic rings. The number of methoxy groups -OCH3 is 1. The highest BCUT2D eigenvalue weighted by Gasteiger charge is 2.25. The van der Waals surface area contributed by atoms with E-state index in [1.165, 1.54) is 11.1 Å². The molecule has 0 amide bonds. The van der Waals surface area contributed by atoms with Gasteiger partial charge in [-0.2, -0.15) is 0 Å². The first-order valence-electron chi connectivity index (χ1n) is 5.89. The number of nitrogens with two attached hydrogens (primary N) is 1. The Hall–Kier alpha value is -1.02. The van der Waals surface area contributed by atoms with Crippen molar-refractivity contribution in [2.75, 3.05) is 7.11 Å². The van der Waals surface area contributed by atoms with Crippen LogP contribution in [0.1, 0.15) is 38.8 Å². The number of aryl methyl sites for hydroxylation is 1. The van der Waals surface area contributed by atoms with Gasteiger partial charge in [-0.05, 0) is 36.5 Å². The van der Waals surface area contributed by atoms with E-state index in [4.69, 9.17) is 10.5 Å². The summed E-state index contributed by atoms with van der Waals surface area (Å²) in [7, 11) is 1.71. The zero-order valence-electron chi connectivity index (χ0n) is 11.0. The van der Waals surface area contributed by atoms with Gasteiger partial charge < -0.3 is 10.5 Å². The van der Waals surface area contributed by atoms with Gasteiger partial charge in [0.25, 0.3) is 0 Å². The molecule has 0 saturated heterocycles. The zero-order chi connectivity index (χ0) is 12.3. The van der Waals surface area contributed by atoms with E-state index in [0.717, 1.165) is 12.2 Å². The molecule has 90 valence electrons. The van der Waals surface area contributed by atoms with Gasteiger partial charge in [-0.25, -0.2) is 0 Å². The second kappa shape index (κ2) is 4.88. The minimum Gasteiger partial charge on any atom is -0.496 e. The Morgan fingerprint density at radius 1 is 1.38 bits per heavy atom. The predicted octanol–water partition coefficient (Wildman–Crippen LogP) is 3.09. The first-order chi connectivity index (χ1) is 7.43. The summed E-state index contributed by atoms with van der Waals surface area (Å²) in [6.45, 7) is 8.51. The lowest BCUT2D eigenvalue weighted by molar-refractivity contribution is 0.349. The molecule has 0 aliphatic heterocycles. The standard InChI is InChI=1S/C14H23NO/c1-6-11-9-12(7-8-13(11)16-5)14(4,15)10(2)3/h7-10H,6,15H2,1-5H3. The summed E-state index contributed by atoms with van der Waals surface area (Å²) < 4.78 is 5.32. The van der Waals surface area contributed by atoms with Gasteiger partial charge in [0.05, 0.1) is 7.11 Å². The molecule has 0 aromatic heterocycles. The number of ether oxygens (including phenoxy) is 1. The van der Waals surface area contributed by atoms with E-state index in [2.05, 4.69) is 39.8 Å². The molecule has 2 heteroatoms. The molecule has 1 rings (SSSR count). The summed E-state index contributed by atoms with van der Waals surface area (Å²) in [6.07, 6.45) is 0.963. The number of rotatable bonds is 4. The highest BCUT2D eigenvalue weighted by atomic mass is 16.5. The fourth-order valence-electron chi connectivity index (χ4n) is 1.72. The van der Waals surface area contributed by atoms with Crippen molar-refractivity contribution >= 4 is 0 Å². The molecule has 0 aliphatic carbocycles. The molecule has 0 fully saturated rings. The van der Waals surface area contributed by atoms with Crippen LogP contribution in [0.3, 0.4) is 0 Å². The van der Waals surface area contributed by atoms with E-state index in [9.17, 15) is 0 Å². The van der Waals surface area contributed by atoms with Crippen LogP contribution >= 0.6 is 0 Å². The van der Waals surface area contributed by atoms with Crippen LogP contribution in [0.15, 0.2) is 18.2 Å². The number of hydrogen-bond acceptors (Lipinski definition) is 2. The molecule has 1 atom stereocenters. The van der Waals surface area contributed by atoms with Crippen molar-refractivity contribution in [1.82, 2.24) is 0 Å². The fourth-order valence-corrected chi connectivity index (χ4v) is 1.72. The van der Waals surface area contributed by atoms with E-state index >= 15 is 0 Å². The van der Waals surface area contributed by atoms with Crippen LogP contribution in [-0.4, -0.2) is 7.11 Å². The lowest BCUT2D eigenvalue weighted by atomic mass is 9.82. The maximum atomic E-state index is 6.36. The molecule has 1 unspecified atom stereocenters. The van der Waals surface area contributed by atoms with Crippen LogP contribution in [0, 0.1) is 5.92 Å². The minimum absolute atomic E-state index is 0.282. The van der Waals surface area contributed by atoms with Crippen LogP contribution in [0.2, 0.25) is 0 Å². The molecule has 0 saturated carbocycles. The summed E-state index contributed by atoms with van der Waals surface area (Å²) in [5, 5.41) is 0. The first-order valence-corrected chi connectivity index (χ1v) is 5.89. The van der Waals surface area contributed by atoms with E-state index in [0.29, 0.717) is 5.92 Å². The van der Waals surface area contributed by atoms with Gasteiger partial charge in [0.1, 0.15) is 5.75 Å². The SMILES string of the molecule is CCc1cc(C(C)(N)C(C)C)ccc1OC. The molecule has 0 heterocycles. The summed E-state index contributed by atoms with van der Waals surface area (Å²) in [6, 6.07) is 6.25. The second-order valence-electron chi connectivity index (χ2n) is 4.82. The number of hydrogen-bond donors (Lipinski definition) is 1. The molecule has 2 N–H and O–H groups in total. The van der Waals surface area contributed by atoms with Crippen molar-refractivity contribution in [3.8, 4) is 5.75 Å². The summed E-state index contributed by atoms with van der Waals surface area (Å²) in [4.78, 5) is 0. The lowest BCUT2D eigenvalue weighted by Crippen LogP contribution is -2.38. The Bertz CT molecular complexity index is 356. The Morgan fingerprint density at radius 3 is 2.44 bits per heavy atom. The van der Waals surface area contributed by atoms with Crippen molar-refractivity contribution in [3.63, 3.8) is 0 Å². The van der Waals surface area contributed by atoms with Crippen LogP contribution in [0.25, 0.3) is 0 Å². The third kappa shape index (κ3) is 2.38. The van der Waals surface area contributed by atoms with E-state index in [1.54, 1.807) is 7.11 Å². The molecular formula is C14H23NO. The Morgan fingerprint density at radius 2 is 2.00 bits per heavy atom. The van der Waals surface area contributed by atoms with Gasteiger partial charge in [0.2, 0.25) is 0 Å². The molecule has 2 nitrogen and oxygen atoms in total. The molecule has 1 aromatic carbocycles. The smallest absolute Gasteiger partial charge is 0.122 e. The molecule has 0 radical (unpaired) electrons. The summed E-state index contributed by atoms with van der Waals surface area (Å²) in [5.41, 5.74) is 8.47. The molecule has 0 bridgehead atoms. The Labute approximate surface area is 98.8 Å². The third-order valence-corrected chi connectivity index (χ3v) is 3.48. The van der Waals surface area contributed by atoms with Gasteiger partial charge in [-0.15, -0.1) is 0 Å². The van der Waals surface area contributed by atoms with Crippen molar-refractivity contribution in [2.24, 2.45) is 11.7 Å². The monoisotopic (exact) mass is 221 g/mol. The first kappa shape index (κ1) is 13.0. The molecule has 0 spiro atoms. The Kier molecular flexibility index (Phi) is 3.98. The zero-order valence-corrected chi connectivity index (χ0v) is 11.0. The third-order valence-electron chi connectivity index (χ3n) is 3.48. The molecule has 16 heavy (non-hydrogen) atoms. The van der Waals surface area contributed by atoms with E-state index in [-0.39, 0.29) is 5.54 Å². The fraction of sp³-hybridized carbons (Fsp3) is 0.571. The van der Waals surface area contributed by atoms with Crippen LogP contribution in [0.4, 0.5) is 0 Å². The van der Waals surface area contributed by atoms with Gasteiger partial charge in [0, 0.05) is 5.54 Å². The second-order valence-corrected chi connectivity index (χ2v) is 4.82. The maximum absolute atomic E-state index is 6.36. The normalized spacial score (nSPS) is 14.9. The maximum Gasteiger partial charge on any atom is 0.122 e. The van der Waals surface area contributed by atoms with Crippen LogP contribution in [0.5, 0.6) is 5.75 Å². The Balaban J connectivity index is 3.17. The molecule has 1 aromatic rings. The number of benzene rings is 1.